The Hall–Kier alpha value is -0.620. The predicted octanol–water partition coefficient (Wildman–Crippen LogP) is 0.425. The molecule has 0 aromatic rings. The van der Waals surface area contributed by atoms with Crippen LogP contribution in [0.5, 0.6) is 0 Å². The number of carbonyl (C=O) groups is 1. The second-order valence-corrected chi connectivity index (χ2v) is 5.37. The number of sulfonamides is 1. The van der Waals surface area contributed by atoms with E-state index in [4.69, 9.17) is 5.11 Å². The molecular formula is C8H17NO4S. The van der Waals surface area contributed by atoms with Crippen LogP contribution in [0.15, 0.2) is 0 Å². The van der Waals surface area contributed by atoms with Crippen LogP contribution in [0.2, 0.25) is 0 Å². The van der Waals surface area contributed by atoms with Gasteiger partial charge in [-0.15, -0.1) is 0 Å². The van der Waals surface area contributed by atoms with Crippen LogP contribution in [0.25, 0.3) is 0 Å². The van der Waals surface area contributed by atoms with Crippen molar-refractivity contribution in [3.63, 3.8) is 0 Å². The minimum Gasteiger partial charge on any atom is -0.480 e. The number of carboxylic acids is 1. The fourth-order valence-corrected chi connectivity index (χ4v) is 2.41. The molecule has 0 rings (SSSR count). The second kappa shape index (κ2) is 5.31. The highest BCUT2D eigenvalue weighted by Crippen LogP contribution is 2.04. The topological polar surface area (TPSA) is 83.5 Å². The van der Waals surface area contributed by atoms with Crippen LogP contribution in [-0.2, 0) is 14.8 Å². The molecule has 84 valence electrons. The van der Waals surface area contributed by atoms with Crippen LogP contribution in [0.1, 0.15) is 27.2 Å². The molecule has 2 N–H and O–H groups in total. The minimum atomic E-state index is -3.45. The summed E-state index contributed by atoms with van der Waals surface area (Å²) < 4.78 is 24.7. The van der Waals surface area contributed by atoms with Gasteiger partial charge in [0.15, 0.2) is 0 Å². The van der Waals surface area contributed by atoms with E-state index in [0.717, 1.165) is 0 Å². The molecule has 0 radical (unpaired) electrons. The number of hydrogen-bond donors (Lipinski definition) is 2. The number of hydrogen-bond acceptors (Lipinski definition) is 3. The first-order chi connectivity index (χ1) is 6.30. The third-order valence-corrected chi connectivity index (χ3v) is 3.27. The lowest BCUT2D eigenvalue weighted by Crippen LogP contribution is -2.45. The molecule has 0 fully saturated rings. The number of carboxylic acid groups (broad SMARTS) is 1. The molecule has 0 aliphatic heterocycles. The summed E-state index contributed by atoms with van der Waals surface area (Å²) in [6.07, 6.45) is 0.472. The van der Waals surface area contributed by atoms with Crippen molar-refractivity contribution >= 4 is 16.0 Å². The van der Waals surface area contributed by atoms with Crippen molar-refractivity contribution in [3.8, 4) is 0 Å². The Morgan fingerprint density at radius 3 is 2.21 bits per heavy atom. The Labute approximate surface area is 84.6 Å². The van der Waals surface area contributed by atoms with Gasteiger partial charge in [-0.1, -0.05) is 20.8 Å². The Bertz CT molecular complexity index is 284. The Kier molecular flexibility index (Phi) is 5.07. The van der Waals surface area contributed by atoms with Gasteiger partial charge in [0, 0.05) is 0 Å². The first-order valence-corrected chi connectivity index (χ1v) is 6.18. The van der Waals surface area contributed by atoms with Crippen molar-refractivity contribution in [2.24, 2.45) is 5.92 Å². The van der Waals surface area contributed by atoms with Crippen molar-refractivity contribution in [3.05, 3.63) is 0 Å². The van der Waals surface area contributed by atoms with E-state index in [1.165, 1.54) is 0 Å². The van der Waals surface area contributed by atoms with Crippen LogP contribution < -0.4 is 4.72 Å². The first-order valence-electron chi connectivity index (χ1n) is 4.53. The highest BCUT2D eigenvalue weighted by atomic mass is 32.2. The molecule has 0 aromatic carbocycles. The minimum absolute atomic E-state index is 0.0382. The zero-order chi connectivity index (χ0) is 11.4. The van der Waals surface area contributed by atoms with E-state index in [9.17, 15) is 13.2 Å². The molecule has 0 unspecified atom stereocenters. The lowest BCUT2D eigenvalue weighted by molar-refractivity contribution is -0.140. The molecule has 0 aromatic heterocycles. The SMILES string of the molecule is CCCS(=O)(=O)N[C@@H](C(=O)O)C(C)C. The average molecular weight is 223 g/mol. The predicted molar refractivity (Wildman–Crippen MR) is 53.5 cm³/mol. The average Bonchev–Trinajstić information content (AvgIpc) is 1.99. The summed E-state index contributed by atoms with van der Waals surface area (Å²) in [5, 5.41) is 8.75. The summed E-state index contributed by atoms with van der Waals surface area (Å²) in [6, 6.07) is -1.04. The summed E-state index contributed by atoms with van der Waals surface area (Å²) in [4.78, 5) is 10.7. The summed E-state index contributed by atoms with van der Waals surface area (Å²) >= 11 is 0. The van der Waals surface area contributed by atoms with E-state index in [2.05, 4.69) is 4.72 Å². The Morgan fingerprint density at radius 1 is 1.43 bits per heavy atom. The molecule has 0 saturated carbocycles. The van der Waals surface area contributed by atoms with Gasteiger partial charge in [-0.25, -0.2) is 13.1 Å². The Balaban J connectivity index is 4.53. The maximum atomic E-state index is 11.3. The van der Waals surface area contributed by atoms with E-state index in [-0.39, 0.29) is 11.7 Å². The molecule has 0 bridgehead atoms. The third-order valence-electron chi connectivity index (χ3n) is 1.71. The molecule has 14 heavy (non-hydrogen) atoms. The van der Waals surface area contributed by atoms with E-state index >= 15 is 0 Å². The van der Waals surface area contributed by atoms with E-state index in [0.29, 0.717) is 6.42 Å². The van der Waals surface area contributed by atoms with Gasteiger partial charge in [-0.3, -0.25) is 4.79 Å². The molecule has 0 heterocycles. The lowest BCUT2D eigenvalue weighted by atomic mass is 10.1. The monoisotopic (exact) mass is 223 g/mol. The number of aliphatic carboxylic acids is 1. The quantitative estimate of drug-likeness (QED) is 0.683. The summed E-state index contributed by atoms with van der Waals surface area (Å²) in [7, 11) is -3.45. The van der Waals surface area contributed by atoms with Gasteiger partial charge in [0.2, 0.25) is 10.0 Å². The number of rotatable bonds is 6. The molecule has 0 amide bonds. The maximum absolute atomic E-state index is 11.3. The van der Waals surface area contributed by atoms with Crippen LogP contribution in [-0.4, -0.2) is 31.3 Å². The van der Waals surface area contributed by atoms with Crippen molar-refractivity contribution in [1.82, 2.24) is 4.72 Å². The molecule has 0 aliphatic carbocycles. The van der Waals surface area contributed by atoms with Crippen molar-refractivity contribution in [2.75, 3.05) is 5.75 Å². The zero-order valence-electron chi connectivity index (χ0n) is 8.65. The summed E-state index contributed by atoms with van der Waals surface area (Å²) in [5.74, 6) is -1.44. The van der Waals surface area contributed by atoms with Crippen molar-refractivity contribution < 1.29 is 18.3 Å². The van der Waals surface area contributed by atoms with Gasteiger partial charge in [-0.2, -0.15) is 0 Å². The molecule has 1 atom stereocenters. The summed E-state index contributed by atoms with van der Waals surface area (Å²) in [6.45, 7) is 5.05. The highest BCUT2D eigenvalue weighted by Gasteiger charge is 2.26. The van der Waals surface area contributed by atoms with E-state index < -0.39 is 22.0 Å². The molecule has 0 aliphatic rings. The first kappa shape index (κ1) is 13.4. The van der Waals surface area contributed by atoms with Crippen LogP contribution in [0.3, 0.4) is 0 Å². The second-order valence-electron chi connectivity index (χ2n) is 3.50. The van der Waals surface area contributed by atoms with Gasteiger partial charge in [0.1, 0.15) is 6.04 Å². The molecular weight excluding hydrogens is 206 g/mol. The van der Waals surface area contributed by atoms with Gasteiger partial charge >= 0.3 is 5.97 Å². The maximum Gasteiger partial charge on any atom is 0.321 e. The van der Waals surface area contributed by atoms with Crippen molar-refractivity contribution in [2.45, 2.75) is 33.2 Å². The largest absolute Gasteiger partial charge is 0.480 e. The van der Waals surface area contributed by atoms with Gasteiger partial charge < -0.3 is 5.11 Å². The Morgan fingerprint density at radius 2 is 1.93 bits per heavy atom. The molecule has 0 saturated heterocycles. The van der Waals surface area contributed by atoms with Crippen LogP contribution in [0.4, 0.5) is 0 Å². The normalized spacial score (nSPS) is 14.3. The van der Waals surface area contributed by atoms with Crippen LogP contribution in [0, 0.1) is 5.92 Å². The molecule has 5 nitrogen and oxygen atoms in total. The smallest absolute Gasteiger partial charge is 0.321 e. The third kappa shape index (κ3) is 4.57. The molecule has 6 heteroatoms. The van der Waals surface area contributed by atoms with Gasteiger partial charge in [0.05, 0.1) is 5.75 Å². The van der Waals surface area contributed by atoms with E-state index in [1.807, 2.05) is 0 Å². The zero-order valence-corrected chi connectivity index (χ0v) is 9.47. The fourth-order valence-electron chi connectivity index (χ4n) is 0.993. The van der Waals surface area contributed by atoms with Crippen molar-refractivity contribution in [1.29, 1.82) is 0 Å². The van der Waals surface area contributed by atoms with Crippen LogP contribution >= 0.6 is 0 Å². The summed E-state index contributed by atoms with van der Waals surface area (Å²) in [5.41, 5.74) is 0. The fraction of sp³-hybridized carbons (Fsp3) is 0.875. The van der Waals surface area contributed by atoms with Gasteiger partial charge in [0.25, 0.3) is 0 Å². The molecule has 0 spiro atoms. The lowest BCUT2D eigenvalue weighted by Gasteiger charge is -2.17. The van der Waals surface area contributed by atoms with Gasteiger partial charge in [-0.05, 0) is 12.3 Å². The highest BCUT2D eigenvalue weighted by molar-refractivity contribution is 7.89. The standard InChI is InChI=1S/C8H17NO4S/c1-4-5-14(12,13)9-7(6(2)3)8(10)11/h6-7,9H,4-5H2,1-3H3,(H,10,11)/t7-/m1/s1. The van der Waals surface area contributed by atoms with E-state index in [1.54, 1.807) is 20.8 Å². The number of nitrogens with one attached hydrogen (secondary N) is 1.